The summed E-state index contributed by atoms with van der Waals surface area (Å²) in [5.41, 5.74) is 0.381. The first-order valence-electron chi connectivity index (χ1n) is 11.6. The van der Waals surface area contributed by atoms with Gasteiger partial charge in [-0.05, 0) is 49.7 Å². The lowest BCUT2D eigenvalue weighted by Crippen LogP contribution is -2.47. The fraction of sp³-hybridized carbons (Fsp3) is 0.462. The van der Waals surface area contributed by atoms with Crippen molar-refractivity contribution in [3.8, 4) is 0 Å². The second kappa shape index (κ2) is 9.83. The van der Waals surface area contributed by atoms with Crippen LogP contribution in [-0.2, 0) is 26.3 Å². The first-order chi connectivity index (χ1) is 15.9. The van der Waals surface area contributed by atoms with Crippen molar-refractivity contribution in [2.24, 2.45) is 0 Å². The smallest absolute Gasteiger partial charge is 0.241 e. The summed E-state index contributed by atoms with van der Waals surface area (Å²) in [5, 5.41) is 0. The number of nitrogens with zero attached hydrogens (tertiary/aromatic N) is 4. The molecule has 0 unspecified atom stereocenters. The van der Waals surface area contributed by atoms with Gasteiger partial charge in [-0.25, -0.2) is 0 Å². The summed E-state index contributed by atoms with van der Waals surface area (Å²) < 4.78 is 0. The number of pyridine rings is 1. The van der Waals surface area contributed by atoms with E-state index in [2.05, 4.69) is 16.9 Å². The molecule has 0 aliphatic carbocycles. The molecule has 0 spiro atoms. The van der Waals surface area contributed by atoms with Crippen molar-refractivity contribution in [2.75, 3.05) is 27.2 Å². The Balaban J connectivity index is 1.57. The van der Waals surface area contributed by atoms with Gasteiger partial charge in [0.25, 0.3) is 0 Å². The SMILES string of the molecule is CN(C[C@H]1CCCCN1C)C(=O)C[C@]1(c2ccccc2)CC(=O)N(Cc2ccncc2)C1=O. The van der Waals surface area contributed by atoms with Crippen LogP contribution in [0.4, 0.5) is 0 Å². The fourth-order valence-corrected chi connectivity index (χ4v) is 5.04. The van der Waals surface area contributed by atoms with Gasteiger partial charge in [-0.2, -0.15) is 0 Å². The van der Waals surface area contributed by atoms with E-state index >= 15 is 0 Å². The highest BCUT2D eigenvalue weighted by atomic mass is 16.2. The first-order valence-corrected chi connectivity index (χ1v) is 11.6. The van der Waals surface area contributed by atoms with Crippen LogP contribution in [0.15, 0.2) is 54.9 Å². The van der Waals surface area contributed by atoms with Gasteiger partial charge >= 0.3 is 0 Å². The highest BCUT2D eigenvalue weighted by Crippen LogP contribution is 2.41. The Morgan fingerprint density at radius 3 is 2.55 bits per heavy atom. The molecule has 0 saturated carbocycles. The number of aromatic nitrogens is 1. The third-order valence-corrected chi connectivity index (χ3v) is 7.11. The summed E-state index contributed by atoms with van der Waals surface area (Å²) in [6.45, 7) is 1.85. The zero-order valence-corrected chi connectivity index (χ0v) is 19.4. The lowest BCUT2D eigenvalue weighted by atomic mass is 9.75. The third kappa shape index (κ3) is 4.83. The molecule has 7 nitrogen and oxygen atoms in total. The summed E-state index contributed by atoms with van der Waals surface area (Å²) in [4.78, 5) is 49.5. The summed E-state index contributed by atoms with van der Waals surface area (Å²) in [7, 11) is 3.91. The van der Waals surface area contributed by atoms with E-state index in [1.54, 1.807) is 36.5 Å². The normalized spacial score (nSPS) is 23.7. The topological polar surface area (TPSA) is 73.8 Å². The molecule has 0 N–H and O–H groups in total. The quantitative estimate of drug-likeness (QED) is 0.609. The monoisotopic (exact) mass is 448 g/mol. The van der Waals surface area contributed by atoms with E-state index in [0.717, 1.165) is 24.1 Å². The van der Waals surface area contributed by atoms with Gasteiger partial charge < -0.3 is 9.80 Å². The van der Waals surface area contributed by atoms with Gasteiger partial charge in [0.1, 0.15) is 0 Å². The molecule has 2 aromatic rings. The second-order valence-electron chi connectivity index (χ2n) is 9.35. The molecule has 7 heteroatoms. The lowest BCUT2D eigenvalue weighted by Gasteiger charge is -2.36. The Kier molecular flexibility index (Phi) is 6.88. The van der Waals surface area contributed by atoms with Crippen molar-refractivity contribution in [1.29, 1.82) is 0 Å². The summed E-state index contributed by atoms with van der Waals surface area (Å²) in [6, 6.07) is 13.2. The van der Waals surface area contributed by atoms with Gasteiger partial charge in [0.15, 0.2) is 0 Å². The Hall–Kier alpha value is -3.06. The molecule has 2 aliphatic rings. The largest absolute Gasteiger partial charge is 0.344 e. The molecule has 2 atom stereocenters. The highest BCUT2D eigenvalue weighted by molar-refractivity contribution is 6.10. The minimum atomic E-state index is -1.17. The Morgan fingerprint density at radius 2 is 1.85 bits per heavy atom. The van der Waals surface area contributed by atoms with Gasteiger partial charge in [0.2, 0.25) is 17.7 Å². The molecule has 4 rings (SSSR count). The van der Waals surface area contributed by atoms with Gasteiger partial charge in [-0.15, -0.1) is 0 Å². The number of hydrogen-bond donors (Lipinski definition) is 0. The van der Waals surface area contributed by atoms with Crippen LogP contribution >= 0.6 is 0 Å². The molecule has 2 saturated heterocycles. The Labute approximate surface area is 195 Å². The van der Waals surface area contributed by atoms with E-state index in [-0.39, 0.29) is 37.1 Å². The minimum absolute atomic E-state index is 0.00381. The van der Waals surface area contributed by atoms with Crippen molar-refractivity contribution in [1.82, 2.24) is 19.7 Å². The van der Waals surface area contributed by atoms with Crippen LogP contribution in [0.5, 0.6) is 0 Å². The predicted molar refractivity (Wildman–Crippen MR) is 125 cm³/mol. The zero-order valence-electron chi connectivity index (χ0n) is 19.4. The van der Waals surface area contributed by atoms with Crippen LogP contribution in [0.25, 0.3) is 0 Å². The van der Waals surface area contributed by atoms with Crippen LogP contribution in [0.1, 0.15) is 43.2 Å². The summed E-state index contributed by atoms with van der Waals surface area (Å²) in [5.74, 6) is -0.653. The van der Waals surface area contributed by atoms with Gasteiger partial charge in [-0.3, -0.25) is 24.3 Å². The number of benzene rings is 1. The van der Waals surface area contributed by atoms with Gasteiger partial charge in [-0.1, -0.05) is 36.8 Å². The van der Waals surface area contributed by atoms with Crippen molar-refractivity contribution in [2.45, 2.75) is 50.1 Å². The number of hydrogen-bond acceptors (Lipinski definition) is 5. The Morgan fingerprint density at radius 1 is 1.12 bits per heavy atom. The number of imide groups is 1. The molecule has 174 valence electrons. The van der Waals surface area contributed by atoms with Crippen molar-refractivity contribution < 1.29 is 14.4 Å². The minimum Gasteiger partial charge on any atom is -0.344 e. The van der Waals surface area contributed by atoms with Crippen LogP contribution in [0.3, 0.4) is 0 Å². The highest BCUT2D eigenvalue weighted by Gasteiger charge is 2.54. The van der Waals surface area contributed by atoms with Crippen LogP contribution < -0.4 is 0 Å². The lowest BCUT2D eigenvalue weighted by molar-refractivity contribution is -0.143. The molecule has 1 aromatic heterocycles. The number of likely N-dealkylation sites (tertiary alicyclic amines) is 2. The van der Waals surface area contributed by atoms with Crippen LogP contribution in [-0.4, -0.2) is 70.6 Å². The molecule has 3 amide bonds. The molecule has 2 aliphatic heterocycles. The van der Waals surface area contributed by atoms with Crippen LogP contribution in [0.2, 0.25) is 0 Å². The Bertz CT molecular complexity index is 997. The van der Waals surface area contributed by atoms with Crippen molar-refractivity contribution in [3.05, 3.63) is 66.0 Å². The average molecular weight is 449 g/mol. The number of amides is 3. The number of likely N-dealkylation sites (N-methyl/N-ethyl adjacent to an activating group) is 2. The molecule has 3 heterocycles. The van der Waals surface area contributed by atoms with Gasteiger partial charge in [0, 0.05) is 44.9 Å². The molecular weight excluding hydrogens is 416 g/mol. The number of carbonyl (C=O) groups is 3. The number of carbonyl (C=O) groups excluding carboxylic acids is 3. The maximum atomic E-state index is 13.8. The number of rotatable bonds is 7. The first kappa shape index (κ1) is 23.1. The maximum absolute atomic E-state index is 13.8. The van der Waals surface area contributed by atoms with Gasteiger partial charge in [0.05, 0.1) is 12.0 Å². The molecular formula is C26H32N4O3. The molecule has 0 radical (unpaired) electrons. The van der Waals surface area contributed by atoms with E-state index in [9.17, 15) is 14.4 Å². The van der Waals surface area contributed by atoms with Crippen molar-refractivity contribution >= 4 is 17.7 Å². The third-order valence-electron chi connectivity index (χ3n) is 7.11. The standard InChI is InChI=1S/C26H32N4O3/c1-28-15-7-6-10-22(28)19-29(2)23(31)16-26(21-8-4-3-5-9-21)17-24(32)30(25(26)33)18-20-11-13-27-14-12-20/h3-5,8-9,11-14,22H,6-7,10,15-19H2,1-2H3/t22-,26-/m1/s1. The summed E-state index contributed by atoms with van der Waals surface area (Å²) in [6.07, 6.45) is 6.70. The van der Waals surface area contributed by atoms with E-state index < -0.39 is 5.41 Å². The molecule has 2 fully saturated rings. The number of piperidine rings is 1. The van der Waals surface area contributed by atoms with Crippen molar-refractivity contribution in [3.63, 3.8) is 0 Å². The van der Waals surface area contributed by atoms with E-state index in [1.165, 1.54) is 17.7 Å². The molecule has 0 bridgehead atoms. The van der Waals surface area contributed by atoms with E-state index in [0.29, 0.717) is 12.6 Å². The summed E-state index contributed by atoms with van der Waals surface area (Å²) >= 11 is 0. The fourth-order valence-electron chi connectivity index (χ4n) is 5.04. The molecule has 33 heavy (non-hydrogen) atoms. The second-order valence-corrected chi connectivity index (χ2v) is 9.35. The average Bonchev–Trinajstić information content (AvgIpc) is 3.06. The predicted octanol–water partition coefficient (Wildman–Crippen LogP) is 2.61. The van der Waals surface area contributed by atoms with Crippen LogP contribution in [0, 0.1) is 0 Å². The zero-order chi connectivity index (χ0) is 23.4. The maximum Gasteiger partial charge on any atom is 0.241 e. The van der Waals surface area contributed by atoms with E-state index in [4.69, 9.17) is 0 Å². The van der Waals surface area contributed by atoms with E-state index in [1.807, 2.05) is 30.3 Å². The molecule has 1 aromatic carbocycles.